The van der Waals surface area contributed by atoms with Crippen molar-refractivity contribution in [2.45, 2.75) is 32.3 Å². The third-order valence-corrected chi connectivity index (χ3v) is 3.82. The second kappa shape index (κ2) is 9.96. The Morgan fingerprint density at radius 3 is 2.58 bits per heavy atom. The Bertz CT molecular complexity index is 600. The molecule has 2 aromatic rings. The van der Waals surface area contributed by atoms with Crippen molar-refractivity contribution in [1.82, 2.24) is 5.32 Å². The Balaban J connectivity index is 1.73. The summed E-state index contributed by atoms with van der Waals surface area (Å²) in [6.45, 7) is 3.93. The molecule has 1 atom stereocenters. The molecule has 0 saturated heterocycles. The van der Waals surface area contributed by atoms with Gasteiger partial charge in [0.25, 0.3) is 0 Å². The van der Waals surface area contributed by atoms with E-state index in [4.69, 9.17) is 10.5 Å². The third kappa shape index (κ3) is 6.60. The predicted octanol–water partition coefficient (Wildman–Crippen LogP) is 2.79. The highest BCUT2D eigenvalue weighted by Gasteiger charge is 2.03. The van der Waals surface area contributed by atoms with Crippen LogP contribution in [0, 0.1) is 0 Å². The molecule has 4 nitrogen and oxygen atoms in total. The fourth-order valence-corrected chi connectivity index (χ4v) is 2.54. The van der Waals surface area contributed by atoms with Crippen LogP contribution in [0.4, 0.5) is 5.69 Å². The van der Waals surface area contributed by atoms with Crippen LogP contribution in [0.1, 0.15) is 24.5 Å². The van der Waals surface area contributed by atoms with Crippen molar-refractivity contribution in [3.63, 3.8) is 0 Å². The number of aryl methyl sites for hydroxylation is 1. The lowest BCUT2D eigenvalue weighted by Gasteiger charge is -2.11. The van der Waals surface area contributed by atoms with E-state index >= 15 is 0 Å². The fourth-order valence-electron chi connectivity index (χ4n) is 2.54. The molecule has 0 spiro atoms. The van der Waals surface area contributed by atoms with Crippen molar-refractivity contribution < 1.29 is 9.84 Å². The summed E-state index contributed by atoms with van der Waals surface area (Å²) in [5.74, 6) is 0.752. The maximum absolute atomic E-state index is 9.19. The largest absolute Gasteiger partial charge is 0.491 e. The van der Waals surface area contributed by atoms with Crippen molar-refractivity contribution in [2.75, 3.05) is 25.4 Å². The zero-order chi connectivity index (χ0) is 17.2. The number of nitrogens with two attached hydrogens (primary N) is 1. The van der Waals surface area contributed by atoms with Crippen LogP contribution in [0.5, 0.6) is 5.75 Å². The smallest absolute Gasteiger partial charge is 0.142 e. The van der Waals surface area contributed by atoms with E-state index in [0.717, 1.165) is 31.6 Å². The molecule has 2 rings (SSSR count). The minimum atomic E-state index is -0.298. The van der Waals surface area contributed by atoms with Gasteiger partial charge in [-0.05, 0) is 49.6 Å². The molecule has 0 amide bonds. The van der Waals surface area contributed by atoms with Gasteiger partial charge in [-0.25, -0.2) is 0 Å². The molecular weight excluding hydrogens is 300 g/mol. The van der Waals surface area contributed by atoms with Gasteiger partial charge in [0.05, 0.1) is 18.4 Å². The molecule has 4 N–H and O–H groups in total. The predicted molar refractivity (Wildman–Crippen MR) is 99.4 cm³/mol. The van der Waals surface area contributed by atoms with Gasteiger partial charge in [-0.3, -0.25) is 0 Å². The van der Waals surface area contributed by atoms with Gasteiger partial charge in [0.15, 0.2) is 0 Å². The standard InChI is InChI=1S/C20H28N2O2/c1-16(23)15-22-12-5-8-18-9-10-20(19(21)14-18)24-13-11-17-6-3-2-4-7-17/h2-4,6-7,9-10,14,16,22-23H,5,8,11-13,15,21H2,1H3. The highest BCUT2D eigenvalue weighted by atomic mass is 16.5. The number of benzene rings is 2. The molecule has 4 heteroatoms. The molecule has 0 aliphatic heterocycles. The van der Waals surface area contributed by atoms with Gasteiger partial charge in [-0.1, -0.05) is 36.4 Å². The van der Waals surface area contributed by atoms with Gasteiger partial charge in [0, 0.05) is 13.0 Å². The molecule has 0 bridgehead atoms. The van der Waals surface area contributed by atoms with Gasteiger partial charge in [-0.15, -0.1) is 0 Å². The molecule has 0 aromatic heterocycles. The van der Waals surface area contributed by atoms with Crippen molar-refractivity contribution in [3.05, 3.63) is 59.7 Å². The Hall–Kier alpha value is -2.04. The van der Waals surface area contributed by atoms with Crippen LogP contribution in [0.3, 0.4) is 0 Å². The molecule has 0 radical (unpaired) electrons. The van der Waals surface area contributed by atoms with Crippen LogP contribution in [0.25, 0.3) is 0 Å². The summed E-state index contributed by atoms with van der Waals surface area (Å²) in [6.07, 6.45) is 2.55. The Morgan fingerprint density at radius 2 is 1.88 bits per heavy atom. The molecule has 0 aliphatic carbocycles. The SMILES string of the molecule is CC(O)CNCCCc1ccc(OCCc2ccccc2)c(N)c1. The molecule has 0 aliphatic rings. The minimum Gasteiger partial charge on any atom is -0.491 e. The van der Waals surface area contributed by atoms with E-state index in [1.54, 1.807) is 6.92 Å². The van der Waals surface area contributed by atoms with Crippen LogP contribution in [0.2, 0.25) is 0 Å². The quantitative estimate of drug-likeness (QED) is 0.463. The molecule has 0 fully saturated rings. The van der Waals surface area contributed by atoms with E-state index in [2.05, 4.69) is 23.5 Å². The topological polar surface area (TPSA) is 67.5 Å². The van der Waals surface area contributed by atoms with Crippen LogP contribution in [0.15, 0.2) is 48.5 Å². The lowest BCUT2D eigenvalue weighted by atomic mass is 10.1. The molecule has 0 saturated carbocycles. The second-order valence-corrected chi connectivity index (χ2v) is 6.11. The average Bonchev–Trinajstić information content (AvgIpc) is 2.57. The Morgan fingerprint density at radius 1 is 1.08 bits per heavy atom. The number of nitrogens with one attached hydrogen (secondary N) is 1. The van der Waals surface area contributed by atoms with Crippen LogP contribution in [-0.4, -0.2) is 30.9 Å². The number of aliphatic hydroxyl groups excluding tert-OH is 1. The summed E-state index contributed by atoms with van der Waals surface area (Å²) < 4.78 is 5.80. The summed E-state index contributed by atoms with van der Waals surface area (Å²) in [4.78, 5) is 0. The minimum absolute atomic E-state index is 0.298. The summed E-state index contributed by atoms with van der Waals surface area (Å²) >= 11 is 0. The maximum Gasteiger partial charge on any atom is 0.142 e. The number of anilines is 1. The van der Waals surface area contributed by atoms with Gasteiger partial charge < -0.3 is 20.9 Å². The molecular formula is C20H28N2O2. The van der Waals surface area contributed by atoms with E-state index < -0.39 is 0 Å². The fraction of sp³-hybridized carbons (Fsp3) is 0.400. The summed E-state index contributed by atoms with van der Waals surface area (Å²) in [7, 11) is 0. The van der Waals surface area contributed by atoms with Gasteiger partial charge in [-0.2, -0.15) is 0 Å². The lowest BCUT2D eigenvalue weighted by molar-refractivity contribution is 0.191. The first-order valence-corrected chi connectivity index (χ1v) is 8.59. The summed E-state index contributed by atoms with van der Waals surface area (Å²) in [6, 6.07) is 16.3. The van der Waals surface area contributed by atoms with E-state index in [1.807, 2.05) is 30.3 Å². The first-order chi connectivity index (χ1) is 11.6. The number of nitrogen functional groups attached to an aromatic ring is 1. The monoisotopic (exact) mass is 328 g/mol. The highest BCUT2D eigenvalue weighted by molar-refractivity contribution is 5.54. The van der Waals surface area contributed by atoms with Crippen LogP contribution in [-0.2, 0) is 12.8 Å². The van der Waals surface area contributed by atoms with Crippen molar-refractivity contribution in [1.29, 1.82) is 0 Å². The van der Waals surface area contributed by atoms with Crippen molar-refractivity contribution >= 4 is 5.69 Å². The zero-order valence-corrected chi connectivity index (χ0v) is 14.4. The number of hydrogen-bond acceptors (Lipinski definition) is 4. The normalized spacial score (nSPS) is 12.1. The van der Waals surface area contributed by atoms with E-state index in [9.17, 15) is 5.11 Å². The molecule has 1 unspecified atom stereocenters. The number of hydrogen-bond donors (Lipinski definition) is 3. The third-order valence-electron chi connectivity index (χ3n) is 3.82. The lowest BCUT2D eigenvalue weighted by Crippen LogP contribution is -2.25. The van der Waals surface area contributed by atoms with E-state index in [0.29, 0.717) is 18.8 Å². The number of rotatable bonds is 10. The summed E-state index contributed by atoms with van der Waals surface area (Å²) in [5, 5.41) is 12.4. The molecule has 2 aromatic carbocycles. The van der Waals surface area contributed by atoms with Crippen LogP contribution < -0.4 is 15.8 Å². The summed E-state index contributed by atoms with van der Waals surface area (Å²) in [5.41, 5.74) is 9.26. The van der Waals surface area contributed by atoms with Gasteiger partial charge in [0.1, 0.15) is 5.75 Å². The van der Waals surface area contributed by atoms with Gasteiger partial charge in [0.2, 0.25) is 0 Å². The highest BCUT2D eigenvalue weighted by Crippen LogP contribution is 2.23. The zero-order valence-electron chi connectivity index (χ0n) is 14.4. The number of aliphatic hydroxyl groups is 1. The van der Waals surface area contributed by atoms with Crippen molar-refractivity contribution in [2.24, 2.45) is 0 Å². The second-order valence-electron chi connectivity index (χ2n) is 6.11. The van der Waals surface area contributed by atoms with E-state index in [-0.39, 0.29) is 6.10 Å². The van der Waals surface area contributed by atoms with Crippen LogP contribution >= 0.6 is 0 Å². The maximum atomic E-state index is 9.19. The van der Waals surface area contributed by atoms with Crippen molar-refractivity contribution in [3.8, 4) is 5.75 Å². The van der Waals surface area contributed by atoms with Gasteiger partial charge >= 0.3 is 0 Å². The molecule has 130 valence electrons. The van der Waals surface area contributed by atoms with E-state index in [1.165, 1.54) is 11.1 Å². The first-order valence-electron chi connectivity index (χ1n) is 8.59. The number of ether oxygens (including phenoxy) is 1. The first kappa shape index (κ1) is 18.3. The average molecular weight is 328 g/mol. The Kier molecular flexibility index (Phi) is 7.59. The molecule has 24 heavy (non-hydrogen) atoms. The molecule has 0 heterocycles. The Labute approximate surface area is 144 Å².